The van der Waals surface area contributed by atoms with Crippen LogP contribution in [0.25, 0.3) is 21.9 Å². The van der Waals surface area contributed by atoms with Gasteiger partial charge in [0, 0.05) is 12.3 Å². The molecule has 0 amide bonds. The number of aryl methyl sites for hydroxylation is 1. The summed E-state index contributed by atoms with van der Waals surface area (Å²) in [6, 6.07) is 31.2. The predicted octanol–water partition coefficient (Wildman–Crippen LogP) is 6.82. The maximum atomic E-state index is 12.7. The molecule has 0 aromatic heterocycles. The van der Waals surface area contributed by atoms with Gasteiger partial charge in [0.2, 0.25) is 0 Å². The van der Waals surface area contributed by atoms with E-state index >= 15 is 0 Å². The van der Waals surface area contributed by atoms with Crippen LogP contribution in [0.15, 0.2) is 91.0 Å². The molecule has 0 N–H and O–H groups in total. The van der Waals surface area contributed by atoms with E-state index in [1.165, 1.54) is 21.9 Å². The average Bonchev–Trinajstić information content (AvgIpc) is 2.82. The molecule has 4 aromatic rings. The Hall–Kier alpha value is -3.39. The monoisotopic (exact) mass is 394 g/mol. The van der Waals surface area contributed by atoms with E-state index in [-0.39, 0.29) is 11.7 Å². The number of carbonyl (C=O) groups excluding carboxylic acids is 1. The molecule has 0 fully saturated rings. The number of Topliss-reactive ketones (excluding diaryl/α,β-unsaturated/α-hetero) is 1. The zero-order chi connectivity index (χ0) is 20.9. The topological polar surface area (TPSA) is 26.3 Å². The highest BCUT2D eigenvalue weighted by Gasteiger charge is 2.15. The summed E-state index contributed by atoms with van der Waals surface area (Å²) in [4.78, 5) is 12.7. The van der Waals surface area contributed by atoms with E-state index in [4.69, 9.17) is 4.74 Å². The number of ether oxygens (including phenoxy) is 1. The van der Waals surface area contributed by atoms with E-state index in [0.29, 0.717) is 6.42 Å². The van der Waals surface area contributed by atoms with Crippen LogP contribution in [0.3, 0.4) is 0 Å². The van der Waals surface area contributed by atoms with E-state index in [9.17, 15) is 4.79 Å². The number of methoxy groups -OCH3 is 1. The van der Waals surface area contributed by atoms with Gasteiger partial charge in [-0.1, -0.05) is 79.7 Å². The van der Waals surface area contributed by atoms with Crippen molar-refractivity contribution in [3.05, 3.63) is 102 Å². The first kappa shape index (κ1) is 19.9. The van der Waals surface area contributed by atoms with Gasteiger partial charge in [0.15, 0.2) is 0 Å². The molecule has 4 rings (SSSR count). The van der Waals surface area contributed by atoms with Crippen molar-refractivity contribution >= 4 is 16.6 Å². The molecule has 0 heterocycles. The molecular formula is C28H26O2. The normalized spacial score (nSPS) is 11.9. The second-order valence-corrected chi connectivity index (χ2v) is 7.72. The molecule has 0 aliphatic rings. The highest BCUT2D eigenvalue weighted by molar-refractivity contribution is 5.88. The molecule has 30 heavy (non-hydrogen) atoms. The first-order chi connectivity index (χ1) is 14.6. The lowest BCUT2D eigenvalue weighted by atomic mass is 9.91. The zero-order valence-corrected chi connectivity index (χ0v) is 17.5. The van der Waals surface area contributed by atoms with Gasteiger partial charge in [-0.25, -0.2) is 0 Å². The molecule has 0 aliphatic heterocycles. The largest absolute Gasteiger partial charge is 0.497 e. The van der Waals surface area contributed by atoms with E-state index in [1.807, 2.05) is 31.2 Å². The Morgan fingerprint density at radius 1 is 0.800 bits per heavy atom. The third-order valence-corrected chi connectivity index (χ3v) is 5.80. The smallest absolute Gasteiger partial charge is 0.140 e. The van der Waals surface area contributed by atoms with E-state index in [1.54, 1.807) is 7.11 Å². The van der Waals surface area contributed by atoms with Crippen LogP contribution in [0.4, 0.5) is 0 Å². The summed E-state index contributed by atoms with van der Waals surface area (Å²) in [7, 11) is 1.66. The van der Waals surface area contributed by atoms with Crippen molar-refractivity contribution in [2.45, 2.75) is 25.7 Å². The van der Waals surface area contributed by atoms with Gasteiger partial charge in [0.05, 0.1) is 7.11 Å². The average molecular weight is 395 g/mol. The summed E-state index contributed by atoms with van der Waals surface area (Å²) in [6.07, 6.45) is 1.29. The molecular weight excluding hydrogens is 368 g/mol. The van der Waals surface area contributed by atoms with Gasteiger partial charge in [-0.2, -0.15) is 0 Å². The summed E-state index contributed by atoms with van der Waals surface area (Å²) in [5.41, 5.74) is 4.59. The maximum Gasteiger partial charge on any atom is 0.140 e. The molecule has 0 saturated carbocycles. The van der Waals surface area contributed by atoms with Crippen LogP contribution in [0.1, 0.15) is 30.4 Å². The summed E-state index contributed by atoms with van der Waals surface area (Å²) in [5, 5.41) is 2.48. The standard InChI is InChI=1S/C28H26O2/c1-20(28(29)18-9-21-7-16-27(30-2)17-8-21)22-10-12-24(13-11-22)26-15-14-23-5-3-4-6-25(23)19-26/h3-8,10-17,19-20H,9,18H2,1-2H3. The van der Waals surface area contributed by atoms with Crippen LogP contribution in [0.2, 0.25) is 0 Å². The van der Waals surface area contributed by atoms with Gasteiger partial charge in [0.1, 0.15) is 11.5 Å². The number of fused-ring (bicyclic) bond motifs is 1. The molecule has 2 nitrogen and oxygen atoms in total. The quantitative estimate of drug-likeness (QED) is 0.344. The van der Waals surface area contributed by atoms with E-state index in [0.717, 1.165) is 23.3 Å². The molecule has 0 saturated heterocycles. The van der Waals surface area contributed by atoms with E-state index < -0.39 is 0 Å². The van der Waals surface area contributed by atoms with Gasteiger partial charge in [-0.05, 0) is 57.6 Å². The lowest BCUT2D eigenvalue weighted by Gasteiger charge is -2.12. The molecule has 4 aromatic carbocycles. The maximum absolute atomic E-state index is 12.7. The molecule has 0 radical (unpaired) electrons. The number of rotatable bonds is 7. The molecule has 1 unspecified atom stereocenters. The Balaban J connectivity index is 1.42. The lowest BCUT2D eigenvalue weighted by molar-refractivity contribution is -0.120. The number of hydrogen-bond acceptors (Lipinski definition) is 2. The van der Waals surface area contributed by atoms with Crippen LogP contribution in [0.5, 0.6) is 5.75 Å². The SMILES string of the molecule is COc1ccc(CCC(=O)C(C)c2ccc(-c3ccc4ccccc4c3)cc2)cc1. The minimum atomic E-state index is -0.103. The summed E-state index contributed by atoms with van der Waals surface area (Å²) in [6.45, 7) is 2.00. The molecule has 0 bridgehead atoms. The van der Waals surface area contributed by atoms with Crippen molar-refractivity contribution in [2.24, 2.45) is 0 Å². The Labute approximate surface area is 178 Å². The zero-order valence-electron chi connectivity index (χ0n) is 17.5. The van der Waals surface area contributed by atoms with Crippen molar-refractivity contribution in [1.29, 1.82) is 0 Å². The van der Waals surface area contributed by atoms with Crippen LogP contribution >= 0.6 is 0 Å². The summed E-state index contributed by atoms with van der Waals surface area (Å²) < 4.78 is 5.19. The fourth-order valence-electron chi connectivity index (χ4n) is 3.80. The number of ketones is 1. The highest BCUT2D eigenvalue weighted by atomic mass is 16.5. The fraction of sp³-hybridized carbons (Fsp3) is 0.179. The van der Waals surface area contributed by atoms with Gasteiger partial charge in [0.25, 0.3) is 0 Å². The Kier molecular flexibility index (Phi) is 5.94. The first-order valence-corrected chi connectivity index (χ1v) is 10.4. The lowest BCUT2D eigenvalue weighted by Crippen LogP contribution is -2.10. The van der Waals surface area contributed by atoms with Crippen molar-refractivity contribution in [3.63, 3.8) is 0 Å². The molecule has 0 aliphatic carbocycles. The number of hydrogen-bond donors (Lipinski definition) is 0. The molecule has 0 spiro atoms. The van der Waals surface area contributed by atoms with Gasteiger partial charge in [-0.3, -0.25) is 4.79 Å². The number of carbonyl (C=O) groups is 1. The predicted molar refractivity (Wildman–Crippen MR) is 124 cm³/mol. The van der Waals surface area contributed by atoms with Gasteiger partial charge < -0.3 is 4.74 Å². The second-order valence-electron chi connectivity index (χ2n) is 7.72. The van der Waals surface area contributed by atoms with Crippen molar-refractivity contribution in [2.75, 3.05) is 7.11 Å². The molecule has 2 heteroatoms. The Bertz CT molecular complexity index is 1140. The van der Waals surface area contributed by atoms with Crippen molar-refractivity contribution in [1.82, 2.24) is 0 Å². The summed E-state index contributed by atoms with van der Waals surface area (Å²) in [5.74, 6) is 1.00. The second kappa shape index (κ2) is 8.96. The van der Waals surface area contributed by atoms with Crippen molar-refractivity contribution < 1.29 is 9.53 Å². The number of benzene rings is 4. The first-order valence-electron chi connectivity index (χ1n) is 10.4. The van der Waals surface area contributed by atoms with Gasteiger partial charge in [-0.15, -0.1) is 0 Å². The van der Waals surface area contributed by atoms with Gasteiger partial charge >= 0.3 is 0 Å². The molecule has 1 atom stereocenters. The van der Waals surface area contributed by atoms with Crippen LogP contribution in [-0.2, 0) is 11.2 Å². The van der Waals surface area contributed by atoms with Crippen LogP contribution in [0, 0.1) is 0 Å². The van der Waals surface area contributed by atoms with Crippen LogP contribution in [-0.4, -0.2) is 12.9 Å². The molecule has 150 valence electrons. The van der Waals surface area contributed by atoms with E-state index in [2.05, 4.69) is 66.7 Å². The highest BCUT2D eigenvalue weighted by Crippen LogP contribution is 2.27. The Morgan fingerprint density at radius 3 is 2.17 bits per heavy atom. The third-order valence-electron chi connectivity index (χ3n) is 5.80. The van der Waals surface area contributed by atoms with Crippen molar-refractivity contribution in [3.8, 4) is 16.9 Å². The minimum absolute atomic E-state index is 0.103. The fourth-order valence-corrected chi connectivity index (χ4v) is 3.80. The summed E-state index contributed by atoms with van der Waals surface area (Å²) >= 11 is 0. The van der Waals surface area contributed by atoms with Crippen LogP contribution < -0.4 is 4.74 Å². The third kappa shape index (κ3) is 4.44. The minimum Gasteiger partial charge on any atom is -0.497 e. The Morgan fingerprint density at radius 2 is 1.47 bits per heavy atom.